The zero-order valence-electron chi connectivity index (χ0n) is 25.1. The molecule has 3 N–H and O–H groups in total. The lowest BCUT2D eigenvalue weighted by atomic mass is 9.95. The number of nitrogens with zero attached hydrogens (tertiary/aromatic N) is 1. The first kappa shape index (κ1) is 35.0. The zero-order chi connectivity index (χ0) is 33.2. The molecule has 0 aromatic heterocycles. The van der Waals surface area contributed by atoms with Gasteiger partial charge in [0.15, 0.2) is 23.2 Å². The van der Waals surface area contributed by atoms with E-state index in [0.29, 0.717) is 65.9 Å². The maximum Gasteiger partial charge on any atom is 0.338 e. The quantitative estimate of drug-likeness (QED) is 0.0767. The number of carbonyl (C=O) groups is 2. The van der Waals surface area contributed by atoms with Crippen molar-refractivity contribution < 1.29 is 28.5 Å². The first-order chi connectivity index (χ1) is 22.1. The van der Waals surface area contributed by atoms with Gasteiger partial charge in [0.1, 0.15) is 12.4 Å². The van der Waals surface area contributed by atoms with Crippen molar-refractivity contribution in [3.8, 4) is 17.2 Å². The van der Waals surface area contributed by atoms with Gasteiger partial charge in [-0.05, 0) is 90.4 Å². The van der Waals surface area contributed by atoms with Crippen LogP contribution in [0.2, 0.25) is 10.0 Å². The Balaban J connectivity index is 1.41. The lowest BCUT2D eigenvalue weighted by Crippen LogP contribution is -2.45. The van der Waals surface area contributed by atoms with Crippen LogP contribution in [0.15, 0.2) is 75.4 Å². The molecule has 1 aliphatic rings. The van der Waals surface area contributed by atoms with Gasteiger partial charge < -0.3 is 29.6 Å². The summed E-state index contributed by atoms with van der Waals surface area (Å²) in [4.78, 5) is 25.4. The summed E-state index contributed by atoms with van der Waals surface area (Å²) in [6.45, 7) is 5.86. The van der Waals surface area contributed by atoms with Gasteiger partial charge in [0.2, 0.25) is 0 Å². The van der Waals surface area contributed by atoms with E-state index in [-0.39, 0.29) is 19.8 Å². The van der Waals surface area contributed by atoms with E-state index >= 15 is 0 Å². The van der Waals surface area contributed by atoms with Gasteiger partial charge >= 0.3 is 5.97 Å². The zero-order valence-corrected chi connectivity index (χ0v) is 29.0. The summed E-state index contributed by atoms with van der Waals surface area (Å²) in [5, 5.41) is 11.4. The molecule has 4 rings (SSSR count). The molecule has 0 saturated heterocycles. The molecule has 1 aliphatic heterocycles. The predicted octanol–water partition coefficient (Wildman–Crippen LogP) is 6.62. The number of amides is 1. The number of esters is 1. The van der Waals surface area contributed by atoms with E-state index in [1.54, 1.807) is 62.4 Å². The molecule has 0 aliphatic carbocycles. The molecular formula is C32H31BrCl2N4O6S. The molecule has 0 radical (unpaired) electrons. The van der Waals surface area contributed by atoms with Crippen molar-refractivity contribution in [1.82, 2.24) is 16.1 Å². The highest BCUT2D eigenvalue weighted by molar-refractivity contribution is 9.10. The van der Waals surface area contributed by atoms with E-state index < -0.39 is 17.9 Å². The van der Waals surface area contributed by atoms with Crippen molar-refractivity contribution in [1.29, 1.82) is 0 Å². The van der Waals surface area contributed by atoms with Gasteiger partial charge in [-0.3, -0.25) is 4.79 Å². The van der Waals surface area contributed by atoms with Crippen molar-refractivity contribution in [3.05, 3.63) is 97.1 Å². The SMILES string of the molecule is CCOC(=O)C1=C(C)NC(=S)N[C@@H]1c1ccccc1OCC(=O)NN=Cc1cc(Br)c(OCc2ccc(Cl)c(Cl)c2)c(OCC)c1. The lowest BCUT2D eigenvalue weighted by molar-refractivity contribution is -0.139. The number of ether oxygens (including phenoxy) is 4. The summed E-state index contributed by atoms with van der Waals surface area (Å²) in [7, 11) is 0. The Morgan fingerprint density at radius 2 is 1.80 bits per heavy atom. The monoisotopic (exact) mass is 748 g/mol. The number of hydrazone groups is 1. The number of hydrogen-bond donors (Lipinski definition) is 3. The van der Waals surface area contributed by atoms with Crippen LogP contribution in [0.1, 0.15) is 43.5 Å². The van der Waals surface area contributed by atoms with Crippen molar-refractivity contribution in [3.63, 3.8) is 0 Å². The smallest absolute Gasteiger partial charge is 0.338 e. The van der Waals surface area contributed by atoms with Crippen LogP contribution in [0.25, 0.3) is 0 Å². The maximum absolute atomic E-state index is 12.8. The number of hydrogen-bond acceptors (Lipinski definition) is 8. The highest BCUT2D eigenvalue weighted by Crippen LogP contribution is 2.38. The molecule has 3 aromatic rings. The average molecular weight is 750 g/mol. The molecule has 14 heteroatoms. The molecule has 0 bridgehead atoms. The normalized spacial score (nSPS) is 14.4. The minimum absolute atomic E-state index is 0.216. The molecule has 1 amide bonds. The molecule has 242 valence electrons. The highest BCUT2D eigenvalue weighted by Gasteiger charge is 2.32. The third kappa shape index (κ3) is 9.12. The molecular weight excluding hydrogens is 719 g/mol. The van der Waals surface area contributed by atoms with E-state index in [4.69, 9.17) is 54.4 Å². The molecule has 0 saturated carbocycles. The van der Waals surface area contributed by atoms with E-state index in [0.717, 1.165) is 5.56 Å². The number of thiocarbonyl (C=S) groups is 1. The molecule has 0 unspecified atom stereocenters. The average Bonchev–Trinajstić information content (AvgIpc) is 3.01. The third-order valence-corrected chi connectivity index (χ3v) is 8.00. The molecule has 10 nitrogen and oxygen atoms in total. The van der Waals surface area contributed by atoms with E-state index in [1.165, 1.54) is 6.21 Å². The molecule has 0 spiro atoms. The molecule has 1 heterocycles. The number of allylic oxidation sites excluding steroid dienone is 1. The standard InChI is InChI=1S/C32H31BrCl2N4O6S/c1-4-42-26-14-20(12-22(33)30(26)45-16-19-10-11-23(34)24(35)13-19)15-36-39-27(40)17-44-25-9-7-6-8-21(25)29-28(31(41)43-5-2)18(3)37-32(46)38-29/h6-15,29H,4-5,16-17H2,1-3H3,(H,39,40)(H2,37,38,46)/t29-/m1/s1. The summed E-state index contributed by atoms with van der Waals surface area (Å²) in [6.07, 6.45) is 1.47. The second-order valence-electron chi connectivity index (χ2n) is 9.71. The van der Waals surface area contributed by atoms with Gasteiger partial charge in [0.25, 0.3) is 5.91 Å². The summed E-state index contributed by atoms with van der Waals surface area (Å²) in [6, 6.07) is 15.2. The fourth-order valence-corrected chi connectivity index (χ4v) is 5.63. The van der Waals surface area contributed by atoms with Crippen LogP contribution in [0.4, 0.5) is 0 Å². The Kier molecular flexibility index (Phi) is 12.7. The van der Waals surface area contributed by atoms with Crippen molar-refractivity contribution >= 4 is 74.6 Å². The summed E-state index contributed by atoms with van der Waals surface area (Å²) < 4.78 is 23.6. The largest absolute Gasteiger partial charge is 0.490 e. The van der Waals surface area contributed by atoms with Crippen LogP contribution in [-0.2, 0) is 20.9 Å². The third-order valence-electron chi connectivity index (χ3n) is 6.46. The number of halogens is 3. The van der Waals surface area contributed by atoms with Gasteiger partial charge in [-0.25, -0.2) is 10.2 Å². The minimum Gasteiger partial charge on any atom is -0.490 e. The van der Waals surface area contributed by atoms with Crippen molar-refractivity contribution in [2.24, 2.45) is 5.10 Å². The highest BCUT2D eigenvalue weighted by atomic mass is 79.9. The lowest BCUT2D eigenvalue weighted by Gasteiger charge is -2.30. The summed E-state index contributed by atoms with van der Waals surface area (Å²) in [5.74, 6) is 0.395. The predicted molar refractivity (Wildman–Crippen MR) is 185 cm³/mol. The van der Waals surface area contributed by atoms with Gasteiger partial charge in [-0.2, -0.15) is 5.10 Å². The number of rotatable bonds is 13. The van der Waals surface area contributed by atoms with Crippen molar-refractivity contribution in [2.75, 3.05) is 19.8 Å². The van der Waals surface area contributed by atoms with Gasteiger partial charge in [0, 0.05) is 11.3 Å². The van der Waals surface area contributed by atoms with E-state index in [1.807, 2.05) is 13.0 Å². The second kappa shape index (κ2) is 16.6. The first-order valence-electron chi connectivity index (χ1n) is 14.1. The Morgan fingerprint density at radius 1 is 1.02 bits per heavy atom. The van der Waals surface area contributed by atoms with Crippen LogP contribution >= 0.6 is 51.3 Å². The second-order valence-corrected chi connectivity index (χ2v) is 11.8. The Hall–Kier alpha value is -3.84. The number of nitrogens with one attached hydrogen (secondary N) is 3. The summed E-state index contributed by atoms with van der Waals surface area (Å²) in [5.41, 5.74) is 5.49. The molecule has 0 fully saturated rings. The summed E-state index contributed by atoms with van der Waals surface area (Å²) >= 11 is 21.0. The Morgan fingerprint density at radius 3 is 2.54 bits per heavy atom. The van der Waals surface area contributed by atoms with Crippen LogP contribution in [0.3, 0.4) is 0 Å². The van der Waals surface area contributed by atoms with Crippen LogP contribution in [0, 0.1) is 0 Å². The Bertz CT molecular complexity index is 1690. The van der Waals surface area contributed by atoms with Gasteiger partial charge in [-0.15, -0.1) is 0 Å². The fraction of sp³-hybridized carbons (Fsp3) is 0.250. The first-order valence-corrected chi connectivity index (χ1v) is 16.1. The maximum atomic E-state index is 12.8. The van der Waals surface area contributed by atoms with Crippen molar-refractivity contribution in [2.45, 2.75) is 33.4 Å². The van der Waals surface area contributed by atoms with Crippen LogP contribution in [-0.4, -0.2) is 43.0 Å². The minimum atomic E-state index is -0.640. The molecule has 1 atom stereocenters. The van der Waals surface area contributed by atoms with Crippen LogP contribution < -0.4 is 30.3 Å². The number of para-hydroxylation sites is 1. The molecule has 3 aromatic carbocycles. The van der Waals surface area contributed by atoms with E-state index in [2.05, 4.69) is 37.1 Å². The number of carbonyl (C=O) groups excluding carboxylic acids is 2. The fourth-order valence-electron chi connectivity index (χ4n) is 4.46. The Labute approximate surface area is 290 Å². The van der Waals surface area contributed by atoms with E-state index in [9.17, 15) is 9.59 Å². The topological polar surface area (TPSA) is 120 Å². The number of benzene rings is 3. The van der Waals surface area contributed by atoms with Crippen LogP contribution in [0.5, 0.6) is 17.2 Å². The molecule has 46 heavy (non-hydrogen) atoms. The van der Waals surface area contributed by atoms with Gasteiger partial charge in [0.05, 0.1) is 45.6 Å². The van der Waals surface area contributed by atoms with Gasteiger partial charge in [-0.1, -0.05) is 47.5 Å².